The van der Waals surface area contributed by atoms with Crippen LogP contribution in [0.5, 0.6) is 0 Å². The first-order chi connectivity index (χ1) is 13.9. The molecule has 4 rings (SSSR count). The van der Waals surface area contributed by atoms with Crippen LogP contribution in [-0.4, -0.2) is 72.3 Å². The molecular formula is C22H36N4O3. The van der Waals surface area contributed by atoms with Crippen LogP contribution < -0.4 is 5.32 Å². The van der Waals surface area contributed by atoms with Gasteiger partial charge in [0.1, 0.15) is 0 Å². The minimum absolute atomic E-state index is 0.202. The number of rotatable bonds is 6. The third-order valence-corrected chi connectivity index (χ3v) is 7.39. The summed E-state index contributed by atoms with van der Waals surface area (Å²) in [6.07, 6.45) is 4.29. The van der Waals surface area contributed by atoms with Crippen LogP contribution in [0.4, 0.5) is 0 Å². The zero-order chi connectivity index (χ0) is 20.4. The van der Waals surface area contributed by atoms with Crippen LogP contribution in [0.1, 0.15) is 51.5 Å². The van der Waals surface area contributed by atoms with Crippen LogP contribution in [0, 0.1) is 11.3 Å². The van der Waals surface area contributed by atoms with E-state index in [-0.39, 0.29) is 11.3 Å². The fourth-order valence-corrected chi connectivity index (χ4v) is 5.05. The lowest BCUT2D eigenvalue weighted by Crippen LogP contribution is -2.61. The number of hydrogen-bond donors (Lipinski definition) is 1. The van der Waals surface area contributed by atoms with E-state index < -0.39 is 0 Å². The Kier molecular flexibility index (Phi) is 6.27. The molecule has 3 heterocycles. The number of carbonyl (C=O) groups is 1. The molecule has 1 N–H and O–H groups in total. The van der Waals surface area contributed by atoms with Crippen LogP contribution in [0.25, 0.3) is 0 Å². The molecule has 1 aromatic heterocycles. The fourth-order valence-electron chi connectivity index (χ4n) is 5.05. The molecule has 0 bridgehead atoms. The molecule has 2 saturated heterocycles. The van der Waals surface area contributed by atoms with Crippen molar-refractivity contribution < 1.29 is 14.1 Å². The first-order valence-corrected chi connectivity index (χ1v) is 11.2. The Morgan fingerprint density at radius 2 is 1.97 bits per heavy atom. The van der Waals surface area contributed by atoms with Crippen molar-refractivity contribution in [3.8, 4) is 0 Å². The summed E-state index contributed by atoms with van der Waals surface area (Å²) in [6, 6.07) is 3.22. The highest BCUT2D eigenvalue weighted by atomic mass is 16.5. The number of aromatic nitrogens is 1. The number of ether oxygens (including phenoxy) is 1. The van der Waals surface area contributed by atoms with Crippen molar-refractivity contribution in [2.24, 2.45) is 11.3 Å². The number of piperidine rings is 1. The number of morpholine rings is 1. The maximum absolute atomic E-state index is 11.5. The van der Waals surface area contributed by atoms with Gasteiger partial charge < -0.3 is 19.5 Å². The average Bonchev–Trinajstić information content (AvgIpc) is 3.15. The molecule has 2 atom stereocenters. The van der Waals surface area contributed by atoms with Gasteiger partial charge in [0.15, 0.2) is 5.76 Å². The third-order valence-electron chi connectivity index (χ3n) is 7.39. The number of hydrogen-bond acceptors (Lipinski definition) is 6. The lowest BCUT2D eigenvalue weighted by atomic mass is 9.57. The van der Waals surface area contributed by atoms with Gasteiger partial charge in [-0.25, -0.2) is 0 Å². The topological polar surface area (TPSA) is 70.8 Å². The Morgan fingerprint density at radius 1 is 1.24 bits per heavy atom. The lowest BCUT2D eigenvalue weighted by molar-refractivity contribution is -0.130. The number of nitrogens with one attached hydrogen (secondary N) is 1. The summed E-state index contributed by atoms with van der Waals surface area (Å²) in [4.78, 5) is 15.8. The first kappa shape index (κ1) is 20.8. The van der Waals surface area contributed by atoms with E-state index in [9.17, 15) is 4.79 Å². The number of carbonyl (C=O) groups excluding carboxylic acids is 1. The minimum atomic E-state index is 0.202. The predicted octanol–water partition coefficient (Wildman–Crippen LogP) is 2.06. The Balaban J connectivity index is 1.23. The smallest absolute Gasteiger partial charge is 0.219 e. The first-order valence-electron chi connectivity index (χ1n) is 11.2. The number of likely N-dealkylation sites (tertiary alicyclic amines) is 1. The van der Waals surface area contributed by atoms with Gasteiger partial charge in [-0.1, -0.05) is 19.0 Å². The largest absolute Gasteiger partial charge is 0.379 e. The van der Waals surface area contributed by atoms with Crippen molar-refractivity contribution in [1.82, 2.24) is 20.3 Å². The normalized spacial score (nSPS) is 28.3. The van der Waals surface area contributed by atoms with Gasteiger partial charge in [-0.05, 0) is 37.0 Å². The van der Waals surface area contributed by atoms with Crippen LogP contribution in [0.2, 0.25) is 0 Å². The maximum atomic E-state index is 11.5. The van der Waals surface area contributed by atoms with Gasteiger partial charge in [-0.3, -0.25) is 9.69 Å². The van der Waals surface area contributed by atoms with E-state index in [0.717, 1.165) is 76.7 Å². The Bertz CT molecular complexity index is 690. The van der Waals surface area contributed by atoms with Crippen molar-refractivity contribution in [3.05, 3.63) is 17.5 Å². The van der Waals surface area contributed by atoms with Crippen molar-refractivity contribution in [3.63, 3.8) is 0 Å². The Hall–Kier alpha value is -1.44. The van der Waals surface area contributed by atoms with Crippen molar-refractivity contribution in [2.75, 3.05) is 39.4 Å². The monoisotopic (exact) mass is 404 g/mol. The zero-order valence-electron chi connectivity index (χ0n) is 18.2. The summed E-state index contributed by atoms with van der Waals surface area (Å²) in [5.41, 5.74) is 1.33. The summed E-state index contributed by atoms with van der Waals surface area (Å²) < 4.78 is 11.0. The summed E-state index contributed by atoms with van der Waals surface area (Å²) in [5.74, 6) is 1.79. The molecule has 2 unspecified atom stereocenters. The molecular weight excluding hydrogens is 368 g/mol. The molecule has 1 aromatic rings. The van der Waals surface area contributed by atoms with E-state index in [0.29, 0.717) is 18.0 Å². The molecule has 0 spiro atoms. The van der Waals surface area contributed by atoms with Gasteiger partial charge in [0.2, 0.25) is 5.91 Å². The minimum Gasteiger partial charge on any atom is -0.379 e. The van der Waals surface area contributed by atoms with E-state index in [4.69, 9.17) is 9.26 Å². The van der Waals surface area contributed by atoms with Crippen molar-refractivity contribution in [1.29, 1.82) is 0 Å². The van der Waals surface area contributed by atoms with Gasteiger partial charge in [0.05, 0.1) is 25.5 Å². The maximum Gasteiger partial charge on any atom is 0.219 e. The second-order valence-corrected chi connectivity index (χ2v) is 9.63. The molecule has 1 aliphatic carbocycles. The predicted molar refractivity (Wildman–Crippen MR) is 110 cm³/mol. The van der Waals surface area contributed by atoms with E-state index >= 15 is 0 Å². The quantitative estimate of drug-likeness (QED) is 0.783. The molecule has 162 valence electrons. The lowest BCUT2D eigenvalue weighted by Gasteiger charge is -2.54. The van der Waals surface area contributed by atoms with Gasteiger partial charge in [0.25, 0.3) is 0 Å². The summed E-state index contributed by atoms with van der Waals surface area (Å²) in [5, 5.41) is 8.22. The molecule has 2 aliphatic heterocycles. The highest BCUT2D eigenvalue weighted by Gasteiger charge is 2.48. The second-order valence-electron chi connectivity index (χ2n) is 9.63. The highest BCUT2D eigenvalue weighted by molar-refractivity contribution is 5.73. The molecule has 29 heavy (non-hydrogen) atoms. The molecule has 1 saturated carbocycles. The Morgan fingerprint density at radius 3 is 2.62 bits per heavy atom. The van der Waals surface area contributed by atoms with E-state index in [2.05, 4.69) is 35.3 Å². The second kappa shape index (κ2) is 8.74. The van der Waals surface area contributed by atoms with Gasteiger partial charge in [-0.2, -0.15) is 0 Å². The Labute approximate surface area is 174 Å². The third kappa shape index (κ3) is 4.84. The summed E-state index contributed by atoms with van der Waals surface area (Å²) in [6.45, 7) is 12.5. The standard InChI is InChI=1S/C22H36N4O3/c1-16(27)26-6-4-18(5-7-26)23-21-13-17(22(21,2)3)12-19-14-20(29-24-19)15-25-8-10-28-11-9-25/h14,17-18,21,23H,4-13,15H2,1-3H3. The number of amides is 1. The average molecular weight is 405 g/mol. The van der Waals surface area contributed by atoms with Crippen LogP contribution in [0.15, 0.2) is 10.6 Å². The highest BCUT2D eigenvalue weighted by Crippen LogP contribution is 2.48. The van der Waals surface area contributed by atoms with E-state index in [1.165, 1.54) is 6.42 Å². The summed E-state index contributed by atoms with van der Waals surface area (Å²) >= 11 is 0. The van der Waals surface area contributed by atoms with Crippen molar-refractivity contribution >= 4 is 5.91 Å². The molecule has 3 fully saturated rings. The van der Waals surface area contributed by atoms with Gasteiger partial charge >= 0.3 is 0 Å². The SMILES string of the molecule is CC(=O)N1CCC(NC2CC(Cc3cc(CN4CCOCC4)on3)C2(C)C)CC1. The zero-order valence-corrected chi connectivity index (χ0v) is 18.2. The fraction of sp³-hybridized carbons (Fsp3) is 0.818. The van der Waals surface area contributed by atoms with Gasteiger partial charge in [-0.15, -0.1) is 0 Å². The molecule has 3 aliphatic rings. The molecule has 7 heteroatoms. The molecule has 0 aromatic carbocycles. The van der Waals surface area contributed by atoms with E-state index in [1.54, 1.807) is 6.92 Å². The van der Waals surface area contributed by atoms with Crippen molar-refractivity contribution in [2.45, 2.75) is 65.1 Å². The van der Waals surface area contributed by atoms with Crippen LogP contribution in [0.3, 0.4) is 0 Å². The molecule has 0 radical (unpaired) electrons. The van der Waals surface area contributed by atoms with Crippen LogP contribution >= 0.6 is 0 Å². The van der Waals surface area contributed by atoms with Crippen LogP contribution in [-0.2, 0) is 22.5 Å². The molecule has 7 nitrogen and oxygen atoms in total. The number of nitrogens with zero attached hydrogens (tertiary/aromatic N) is 3. The van der Waals surface area contributed by atoms with Gasteiger partial charge in [0, 0.05) is 51.3 Å². The van der Waals surface area contributed by atoms with E-state index in [1.807, 2.05) is 4.90 Å². The summed E-state index contributed by atoms with van der Waals surface area (Å²) in [7, 11) is 0. The molecule has 1 amide bonds.